The van der Waals surface area contributed by atoms with Crippen LogP contribution in [0, 0.1) is 5.41 Å². The smallest absolute Gasteiger partial charge is 0.124 e. The summed E-state index contributed by atoms with van der Waals surface area (Å²) in [6, 6.07) is 6.23. The van der Waals surface area contributed by atoms with Crippen LogP contribution in [0.4, 0.5) is 0 Å². The molecule has 0 atom stereocenters. The predicted molar refractivity (Wildman–Crippen MR) is 110 cm³/mol. The first kappa shape index (κ1) is 17.3. The highest BCUT2D eigenvalue weighted by molar-refractivity contribution is 7.19. The van der Waals surface area contributed by atoms with Gasteiger partial charge in [-0.05, 0) is 31.5 Å². The van der Waals surface area contributed by atoms with E-state index in [-0.39, 0.29) is 0 Å². The van der Waals surface area contributed by atoms with Crippen molar-refractivity contribution in [2.45, 2.75) is 13.3 Å². The summed E-state index contributed by atoms with van der Waals surface area (Å²) in [5, 5.41) is 8.63. The zero-order valence-corrected chi connectivity index (χ0v) is 15.6. The summed E-state index contributed by atoms with van der Waals surface area (Å²) >= 11 is 1.68. The topological polar surface area (TPSA) is 52.3 Å². The third kappa shape index (κ3) is 3.77. The number of aliphatic imine (C=N–C) groups is 1. The highest BCUT2D eigenvalue weighted by atomic mass is 32.1. The number of nitrogens with one attached hydrogen (secondary N) is 1. The van der Waals surface area contributed by atoms with E-state index in [9.17, 15) is 0 Å². The molecule has 2 aromatic rings. The quantitative estimate of drug-likeness (QED) is 0.816. The Morgan fingerprint density at radius 2 is 2.12 bits per heavy atom. The van der Waals surface area contributed by atoms with Crippen LogP contribution in [0.3, 0.4) is 0 Å². The monoisotopic (exact) mass is 350 g/mol. The second-order valence-electron chi connectivity index (χ2n) is 6.04. The predicted octanol–water partition coefficient (Wildman–Crippen LogP) is 4.65. The zero-order chi connectivity index (χ0) is 17.8. The van der Waals surface area contributed by atoms with E-state index in [1.807, 2.05) is 25.3 Å². The fourth-order valence-corrected chi connectivity index (χ4v) is 3.73. The number of fused-ring (bicyclic) bond motifs is 1. The van der Waals surface area contributed by atoms with Crippen molar-refractivity contribution in [3.8, 4) is 0 Å². The maximum atomic E-state index is 7.50. The van der Waals surface area contributed by atoms with Crippen molar-refractivity contribution in [1.29, 1.82) is 5.41 Å². The summed E-state index contributed by atoms with van der Waals surface area (Å²) in [4.78, 5) is 13.6. The van der Waals surface area contributed by atoms with Crippen molar-refractivity contribution in [2.24, 2.45) is 4.99 Å². The molecule has 4 nitrogen and oxygen atoms in total. The van der Waals surface area contributed by atoms with Crippen LogP contribution in [-0.4, -0.2) is 43.0 Å². The minimum Gasteiger partial charge on any atom is -0.380 e. The summed E-state index contributed by atoms with van der Waals surface area (Å²) in [6.07, 6.45) is 10.6. The van der Waals surface area contributed by atoms with Gasteiger partial charge in [0.05, 0.1) is 12.2 Å². The zero-order valence-electron chi connectivity index (χ0n) is 14.8. The molecule has 3 rings (SSSR count). The van der Waals surface area contributed by atoms with Gasteiger partial charge in [0.15, 0.2) is 0 Å². The van der Waals surface area contributed by atoms with E-state index >= 15 is 0 Å². The van der Waals surface area contributed by atoms with Gasteiger partial charge in [0, 0.05) is 53.6 Å². The number of pyridine rings is 1. The lowest BCUT2D eigenvalue weighted by molar-refractivity contribution is 0.501. The molecule has 1 N–H and O–H groups in total. The highest BCUT2D eigenvalue weighted by Crippen LogP contribution is 2.30. The largest absolute Gasteiger partial charge is 0.380 e. The van der Waals surface area contributed by atoms with Crippen LogP contribution in [0.15, 0.2) is 47.1 Å². The van der Waals surface area contributed by atoms with Gasteiger partial charge in [-0.25, -0.2) is 4.98 Å². The molecular weight excluding hydrogens is 328 g/mol. The average molecular weight is 350 g/mol. The molecule has 0 amide bonds. The molecule has 0 aromatic carbocycles. The third-order valence-corrected chi connectivity index (χ3v) is 5.27. The molecule has 5 heteroatoms. The van der Waals surface area contributed by atoms with Gasteiger partial charge in [-0.2, -0.15) is 0 Å². The molecule has 0 unspecified atom stereocenters. The lowest BCUT2D eigenvalue weighted by Crippen LogP contribution is -2.14. The van der Waals surface area contributed by atoms with Gasteiger partial charge in [-0.1, -0.05) is 18.2 Å². The van der Waals surface area contributed by atoms with Gasteiger partial charge in [0.1, 0.15) is 4.83 Å². The number of allylic oxidation sites excluding steroid dienone is 5. The number of hydrogen-bond acceptors (Lipinski definition) is 5. The van der Waals surface area contributed by atoms with Gasteiger partial charge < -0.3 is 10.3 Å². The van der Waals surface area contributed by atoms with Crippen molar-refractivity contribution in [1.82, 2.24) is 9.88 Å². The number of hydrogen-bond donors (Lipinski definition) is 1. The maximum absolute atomic E-state index is 7.50. The molecule has 0 fully saturated rings. The van der Waals surface area contributed by atoms with Crippen LogP contribution in [0.25, 0.3) is 21.4 Å². The van der Waals surface area contributed by atoms with E-state index in [4.69, 9.17) is 10.4 Å². The Morgan fingerprint density at radius 1 is 1.28 bits per heavy atom. The van der Waals surface area contributed by atoms with Crippen molar-refractivity contribution >= 4 is 45.1 Å². The summed E-state index contributed by atoms with van der Waals surface area (Å²) in [6.45, 7) is 2.64. The first-order valence-corrected chi connectivity index (χ1v) is 9.08. The van der Waals surface area contributed by atoms with Crippen LogP contribution < -0.4 is 0 Å². The lowest BCUT2D eigenvalue weighted by Gasteiger charge is -2.16. The average Bonchev–Trinajstić information content (AvgIpc) is 2.98. The number of rotatable bonds is 4. The molecule has 0 saturated carbocycles. The Morgan fingerprint density at radius 3 is 2.84 bits per heavy atom. The standard InChI is InChI=1S/C20H22N4S/c1-4-14(11-21)18-9-8-15-10-19(25-20(15)23-18)16-6-5-7-17(24(2)3)13-22-12-16/h4,6-12,21H,5,13H2,1-3H3/b14-4+,16-6+,17-7?,21-11?,22-12?. The molecule has 25 heavy (non-hydrogen) atoms. The van der Waals surface area contributed by atoms with Crippen molar-refractivity contribution in [3.05, 3.63) is 52.7 Å². The summed E-state index contributed by atoms with van der Waals surface area (Å²) < 4.78 is 0. The Labute approximate surface area is 152 Å². The Balaban J connectivity index is 1.94. The second kappa shape index (κ2) is 7.57. The summed E-state index contributed by atoms with van der Waals surface area (Å²) in [7, 11) is 4.10. The fourth-order valence-electron chi connectivity index (χ4n) is 2.69. The molecule has 1 aliphatic rings. The number of aromatic nitrogens is 1. The van der Waals surface area contributed by atoms with Crippen LogP contribution in [0.2, 0.25) is 0 Å². The summed E-state index contributed by atoms with van der Waals surface area (Å²) in [5.41, 5.74) is 4.07. The van der Waals surface area contributed by atoms with E-state index in [2.05, 4.69) is 48.3 Å². The minimum absolute atomic E-state index is 0.710. The van der Waals surface area contributed by atoms with Crippen LogP contribution >= 0.6 is 11.3 Å². The van der Waals surface area contributed by atoms with Gasteiger partial charge in [0.25, 0.3) is 0 Å². The molecule has 128 valence electrons. The van der Waals surface area contributed by atoms with Crippen molar-refractivity contribution in [3.63, 3.8) is 0 Å². The Kier molecular flexibility index (Phi) is 5.24. The highest BCUT2D eigenvalue weighted by Gasteiger charge is 2.10. The Hall–Kier alpha value is -2.53. The van der Waals surface area contributed by atoms with Crippen LogP contribution in [0.1, 0.15) is 23.9 Å². The molecule has 0 saturated heterocycles. The van der Waals surface area contributed by atoms with Gasteiger partial charge >= 0.3 is 0 Å². The molecule has 3 heterocycles. The number of thiophene rings is 1. The molecule has 1 aliphatic heterocycles. The maximum Gasteiger partial charge on any atom is 0.124 e. The van der Waals surface area contributed by atoms with Crippen LogP contribution in [0.5, 0.6) is 0 Å². The van der Waals surface area contributed by atoms with Crippen molar-refractivity contribution in [2.75, 3.05) is 20.6 Å². The molecule has 0 spiro atoms. The molecule has 0 aliphatic carbocycles. The van der Waals surface area contributed by atoms with Crippen LogP contribution in [-0.2, 0) is 0 Å². The van der Waals surface area contributed by atoms with E-state index in [0.717, 1.165) is 33.5 Å². The van der Waals surface area contributed by atoms with E-state index in [1.165, 1.54) is 16.8 Å². The van der Waals surface area contributed by atoms with E-state index in [0.29, 0.717) is 6.54 Å². The number of likely N-dealkylation sites (N-methyl/N-ethyl adjacent to an activating group) is 1. The van der Waals surface area contributed by atoms with E-state index in [1.54, 1.807) is 11.3 Å². The van der Waals surface area contributed by atoms with Gasteiger partial charge in [-0.3, -0.25) is 4.99 Å². The molecule has 0 radical (unpaired) electrons. The lowest BCUT2D eigenvalue weighted by atomic mass is 10.1. The first-order chi connectivity index (χ1) is 12.1. The second-order valence-corrected chi connectivity index (χ2v) is 7.08. The summed E-state index contributed by atoms with van der Waals surface area (Å²) in [5.74, 6) is 0. The third-order valence-electron chi connectivity index (χ3n) is 4.18. The first-order valence-electron chi connectivity index (χ1n) is 8.27. The van der Waals surface area contributed by atoms with Gasteiger partial charge in [-0.15, -0.1) is 11.3 Å². The SMILES string of the molecule is C/C=C(\C=N)c1ccc2cc(/C3=C/CC=C(N(C)C)CN=C3)sc2n1. The molecule has 2 aromatic heterocycles. The van der Waals surface area contributed by atoms with Gasteiger partial charge in [0.2, 0.25) is 0 Å². The Bertz CT molecular complexity index is 913. The van der Waals surface area contributed by atoms with E-state index < -0.39 is 0 Å². The number of nitrogens with zero attached hydrogens (tertiary/aromatic N) is 3. The van der Waals surface area contributed by atoms with Crippen molar-refractivity contribution < 1.29 is 0 Å². The normalized spacial score (nSPS) is 17.5. The molecule has 0 bridgehead atoms. The minimum atomic E-state index is 0.710. The molecular formula is C20H22N4S. The fraction of sp³-hybridized carbons (Fsp3) is 0.250.